The van der Waals surface area contributed by atoms with Crippen molar-refractivity contribution in [3.63, 3.8) is 0 Å². The highest BCUT2D eigenvalue weighted by molar-refractivity contribution is 5.77. The second-order valence-electron chi connectivity index (χ2n) is 6.75. The van der Waals surface area contributed by atoms with Crippen LogP contribution < -0.4 is 5.32 Å². The summed E-state index contributed by atoms with van der Waals surface area (Å²) in [5.41, 5.74) is 3.96. The van der Waals surface area contributed by atoms with Crippen molar-refractivity contribution in [2.75, 3.05) is 18.5 Å². The monoisotopic (exact) mass is 340 g/mol. The van der Waals surface area contributed by atoms with Crippen molar-refractivity contribution in [3.05, 3.63) is 30.4 Å². The van der Waals surface area contributed by atoms with Gasteiger partial charge in [-0.1, -0.05) is 19.3 Å². The van der Waals surface area contributed by atoms with Crippen molar-refractivity contribution in [1.82, 2.24) is 24.4 Å². The molecule has 3 heterocycles. The van der Waals surface area contributed by atoms with Crippen molar-refractivity contribution < 1.29 is 5.11 Å². The highest BCUT2D eigenvalue weighted by Crippen LogP contribution is 2.34. The maximum atomic E-state index is 9.18. The van der Waals surface area contributed by atoms with Gasteiger partial charge in [0.25, 0.3) is 0 Å². The molecule has 0 radical (unpaired) electrons. The summed E-state index contributed by atoms with van der Waals surface area (Å²) >= 11 is 0. The zero-order valence-electron chi connectivity index (χ0n) is 14.5. The van der Waals surface area contributed by atoms with Crippen LogP contribution in [0.2, 0.25) is 0 Å². The fraction of sp³-hybridized carbons (Fsp3) is 0.500. The number of anilines is 1. The maximum Gasteiger partial charge on any atom is 0.165 e. The van der Waals surface area contributed by atoms with Gasteiger partial charge in [-0.25, -0.2) is 4.98 Å². The third-order valence-corrected chi connectivity index (χ3v) is 4.95. The number of hydrogen-bond donors (Lipinski definition) is 2. The third-order valence-electron chi connectivity index (χ3n) is 4.95. The number of aliphatic hydroxyl groups excluding tert-OH is 1. The van der Waals surface area contributed by atoms with Gasteiger partial charge in [-0.15, -0.1) is 0 Å². The summed E-state index contributed by atoms with van der Waals surface area (Å²) in [6.07, 6.45) is 11.9. The summed E-state index contributed by atoms with van der Waals surface area (Å²) in [4.78, 5) is 4.97. The second kappa shape index (κ2) is 6.84. The Morgan fingerprint density at radius 1 is 1.20 bits per heavy atom. The second-order valence-corrected chi connectivity index (χ2v) is 6.75. The number of aliphatic hydroxyl groups is 1. The molecule has 0 aromatic carbocycles. The molecule has 132 valence electrons. The van der Waals surface area contributed by atoms with Gasteiger partial charge in [-0.05, 0) is 12.8 Å². The molecule has 0 saturated heterocycles. The van der Waals surface area contributed by atoms with E-state index in [1.54, 1.807) is 4.68 Å². The molecule has 0 atom stereocenters. The van der Waals surface area contributed by atoms with Crippen LogP contribution in [0, 0.1) is 0 Å². The van der Waals surface area contributed by atoms with Gasteiger partial charge in [0.05, 0.1) is 19.0 Å². The van der Waals surface area contributed by atoms with Crippen LogP contribution in [0.5, 0.6) is 0 Å². The van der Waals surface area contributed by atoms with E-state index in [-0.39, 0.29) is 6.61 Å². The Labute approximate surface area is 146 Å². The fourth-order valence-electron chi connectivity index (χ4n) is 3.66. The van der Waals surface area contributed by atoms with Crippen molar-refractivity contribution in [1.29, 1.82) is 0 Å². The minimum Gasteiger partial charge on any atom is -0.395 e. The van der Waals surface area contributed by atoms with Crippen molar-refractivity contribution in [2.45, 2.75) is 38.0 Å². The summed E-state index contributed by atoms with van der Waals surface area (Å²) in [5, 5.41) is 21.2. The van der Waals surface area contributed by atoms with Gasteiger partial charge < -0.3 is 10.4 Å². The van der Waals surface area contributed by atoms with Crippen LogP contribution in [0.4, 0.5) is 5.82 Å². The molecule has 0 amide bonds. The van der Waals surface area contributed by atoms with Gasteiger partial charge in [0.2, 0.25) is 0 Å². The Morgan fingerprint density at radius 3 is 2.76 bits per heavy atom. The minimum absolute atomic E-state index is 0.0826. The number of rotatable bonds is 5. The lowest BCUT2D eigenvalue weighted by atomic mass is 9.87. The van der Waals surface area contributed by atoms with Crippen LogP contribution in [-0.2, 0) is 7.05 Å². The molecule has 0 bridgehead atoms. The number of hydrogen-bond acceptors (Lipinski definition) is 5. The van der Waals surface area contributed by atoms with E-state index in [1.807, 2.05) is 30.2 Å². The first kappa shape index (κ1) is 16.1. The van der Waals surface area contributed by atoms with Gasteiger partial charge in [-0.2, -0.15) is 14.7 Å². The number of nitrogens with zero attached hydrogens (tertiary/aromatic N) is 5. The predicted octanol–water partition coefficient (Wildman–Crippen LogP) is 2.58. The van der Waals surface area contributed by atoms with Crippen molar-refractivity contribution >= 4 is 11.5 Å². The largest absolute Gasteiger partial charge is 0.395 e. The molecule has 1 aliphatic rings. The molecule has 7 nitrogen and oxygen atoms in total. The topological polar surface area (TPSA) is 80.3 Å². The first-order valence-electron chi connectivity index (χ1n) is 8.98. The van der Waals surface area contributed by atoms with E-state index in [2.05, 4.69) is 21.6 Å². The van der Waals surface area contributed by atoms with Crippen molar-refractivity contribution in [2.24, 2.45) is 7.05 Å². The molecule has 0 aliphatic heterocycles. The number of fused-ring (bicyclic) bond motifs is 1. The number of nitrogens with one attached hydrogen (secondary N) is 1. The average Bonchev–Trinajstić information content (AvgIpc) is 3.26. The molecule has 1 aliphatic carbocycles. The van der Waals surface area contributed by atoms with E-state index in [0.717, 1.165) is 28.3 Å². The van der Waals surface area contributed by atoms with Crippen LogP contribution in [0.1, 0.15) is 43.7 Å². The fourth-order valence-corrected chi connectivity index (χ4v) is 3.66. The van der Waals surface area contributed by atoms with E-state index in [9.17, 15) is 5.11 Å². The summed E-state index contributed by atoms with van der Waals surface area (Å²) in [7, 11) is 1.91. The lowest BCUT2D eigenvalue weighted by molar-refractivity contribution is 0.311. The zero-order chi connectivity index (χ0) is 17.2. The van der Waals surface area contributed by atoms with Gasteiger partial charge >= 0.3 is 0 Å². The zero-order valence-corrected chi connectivity index (χ0v) is 14.5. The van der Waals surface area contributed by atoms with E-state index in [1.165, 1.54) is 32.1 Å². The third kappa shape index (κ3) is 3.11. The first-order chi connectivity index (χ1) is 12.3. The smallest absolute Gasteiger partial charge is 0.165 e. The Kier molecular flexibility index (Phi) is 4.40. The molecular weight excluding hydrogens is 316 g/mol. The standard InChI is InChI=1S/C18H24N6O/c1-23-12-14(10-20-23)15-11-21-24-17(19-7-8-25)9-16(22-18(15)24)13-5-3-2-4-6-13/h9-13,19,25H,2-8H2,1H3. The molecule has 7 heteroatoms. The Morgan fingerprint density at radius 2 is 2.04 bits per heavy atom. The molecule has 0 spiro atoms. The van der Waals surface area contributed by atoms with E-state index >= 15 is 0 Å². The SMILES string of the molecule is Cn1cc(-c2cnn3c(NCCO)cc(C4CCCCC4)nc23)cn1. The quantitative estimate of drug-likeness (QED) is 0.746. The van der Waals surface area contributed by atoms with Crippen LogP contribution >= 0.6 is 0 Å². The lowest BCUT2D eigenvalue weighted by Crippen LogP contribution is -2.13. The van der Waals surface area contributed by atoms with Gasteiger partial charge in [0.15, 0.2) is 5.65 Å². The summed E-state index contributed by atoms with van der Waals surface area (Å²) in [5.74, 6) is 1.39. The molecule has 25 heavy (non-hydrogen) atoms. The van der Waals surface area contributed by atoms with Gasteiger partial charge in [0, 0.05) is 48.6 Å². The molecule has 2 N–H and O–H groups in total. The van der Waals surface area contributed by atoms with Crippen LogP contribution in [-0.4, -0.2) is 42.6 Å². The number of aromatic nitrogens is 5. The molecule has 1 fully saturated rings. The highest BCUT2D eigenvalue weighted by atomic mass is 16.3. The highest BCUT2D eigenvalue weighted by Gasteiger charge is 2.21. The Hall–Kier alpha value is -2.41. The minimum atomic E-state index is 0.0826. The van der Waals surface area contributed by atoms with E-state index < -0.39 is 0 Å². The normalized spacial score (nSPS) is 15.8. The molecule has 4 rings (SSSR count). The number of aryl methyl sites for hydroxylation is 1. The summed E-state index contributed by atoms with van der Waals surface area (Å²) in [6, 6.07) is 2.10. The van der Waals surface area contributed by atoms with Crippen molar-refractivity contribution in [3.8, 4) is 11.1 Å². The molecular formula is C18H24N6O. The molecule has 1 saturated carbocycles. The van der Waals surface area contributed by atoms with Crippen LogP contribution in [0.15, 0.2) is 24.7 Å². The summed E-state index contributed by atoms with van der Waals surface area (Å²) in [6.45, 7) is 0.574. The lowest BCUT2D eigenvalue weighted by Gasteiger charge is -2.22. The van der Waals surface area contributed by atoms with E-state index in [0.29, 0.717) is 12.5 Å². The van der Waals surface area contributed by atoms with E-state index in [4.69, 9.17) is 4.98 Å². The Bertz CT molecular complexity index is 862. The molecule has 3 aromatic heterocycles. The molecule has 0 unspecified atom stereocenters. The van der Waals surface area contributed by atoms with Gasteiger partial charge in [0.1, 0.15) is 5.82 Å². The molecule has 3 aromatic rings. The summed E-state index contributed by atoms with van der Waals surface area (Å²) < 4.78 is 3.61. The average molecular weight is 340 g/mol. The maximum absolute atomic E-state index is 9.18. The predicted molar refractivity (Wildman–Crippen MR) is 96.6 cm³/mol. The van der Waals surface area contributed by atoms with Gasteiger partial charge in [-0.3, -0.25) is 4.68 Å². The van der Waals surface area contributed by atoms with Crippen LogP contribution in [0.25, 0.3) is 16.8 Å². The Balaban J connectivity index is 1.82. The van der Waals surface area contributed by atoms with Crippen LogP contribution in [0.3, 0.4) is 0 Å². The first-order valence-corrected chi connectivity index (χ1v) is 8.98.